The lowest BCUT2D eigenvalue weighted by atomic mass is 9.94. The molecule has 0 aromatic heterocycles. The summed E-state index contributed by atoms with van der Waals surface area (Å²) in [5.41, 5.74) is 1.99. The Kier molecular flexibility index (Phi) is 9.80. The molecule has 8 nitrogen and oxygen atoms in total. The Balaban J connectivity index is 2.10. The zero-order valence-electron chi connectivity index (χ0n) is 23.5. The Morgan fingerprint density at radius 3 is 2.37 bits per heavy atom. The van der Waals surface area contributed by atoms with Gasteiger partial charge in [0.15, 0.2) is 11.5 Å². The number of hydrogen-bond acceptors (Lipinski definition) is 7. The normalized spacial score (nSPS) is 17.0. The number of aliphatic hydroxyl groups is 1. The van der Waals surface area contributed by atoms with Crippen molar-refractivity contribution in [3.63, 3.8) is 0 Å². The van der Waals surface area contributed by atoms with Crippen LogP contribution in [0.25, 0.3) is 5.76 Å². The van der Waals surface area contributed by atoms with Crippen molar-refractivity contribution in [3.8, 4) is 17.2 Å². The number of ether oxygens (including phenoxy) is 3. The first-order valence-electron chi connectivity index (χ1n) is 13.1. The third-order valence-electron chi connectivity index (χ3n) is 6.37. The number of methoxy groups -OCH3 is 1. The molecular formula is C30H40N2O6. The van der Waals surface area contributed by atoms with Crippen LogP contribution in [0, 0.1) is 12.8 Å². The van der Waals surface area contributed by atoms with Gasteiger partial charge in [-0.25, -0.2) is 0 Å². The molecule has 1 N–H and O–H groups in total. The molecule has 0 radical (unpaired) electrons. The van der Waals surface area contributed by atoms with Gasteiger partial charge in [-0.15, -0.1) is 0 Å². The summed E-state index contributed by atoms with van der Waals surface area (Å²) in [6, 6.07) is 9.86. The van der Waals surface area contributed by atoms with E-state index in [0.29, 0.717) is 60.5 Å². The maximum atomic E-state index is 13.4. The van der Waals surface area contributed by atoms with Crippen LogP contribution in [-0.4, -0.2) is 74.1 Å². The fraction of sp³-hybridized carbons (Fsp3) is 0.467. The van der Waals surface area contributed by atoms with E-state index in [2.05, 4.69) is 13.8 Å². The second-order valence-corrected chi connectivity index (χ2v) is 10.2. The molecule has 206 valence electrons. The standard InChI is InChI=1S/C30H40N2O6/c1-8-37-24-13-10-21(17-25(24)36-7)27-26(29(34)30(35)32(27)15-9-14-31(5)6)28(33)22-11-12-23(20(4)16-22)38-18-19(2)3/h10-13,16-17,19,27,33H,8-9,14-15,18H2,1-7H3/b28-26-. The lowest BCUT2D eigenvalue weighted by Crippen LogP contribution is -2.32. The third-order valence-corrected chi connectivity index (χ3v) is 6.37. The van der Waals surface area contributed by atoms with Gasteiger partial charge >= 0.3 is 0 Å². The van der Waals surface area contributed by atoms with Crippen LogP contribution in [0.5, 0.6) is 17.2 Å². The van der Waals surface area contributed by atoms with Crippen LogP contribution >= 0.6 is 0 Å². The monoisotopic (exact) mass is 524 g/mol. The molecule has 2 aromatic rings. The van der Waals surface area contributed by atoms with Gasteiger partial charge in [0, 0.05) is 12.1 Å². The van der Waals surface area contributed by atoms with Crippen molar-refractivity contribution in [2.45, 2.75) is 40.2 Å². The number of carbonyl (C=O) groups is 2. The van der Waals surface area contributed by atoms with Gasteiger partial charge in [0.05, 0.1) is 31.9 Å². The molecule has 1 aliphatic rings. The van der Waals surface area contributed by atoms with Crippen LogP contribution in [0.1, 0.15) is 49.9 Å². The second kappa shape index (κ2) is 12.8. The molecule has 8 heteroatoms. The summed E-state index contributed by atoms with van der Waals surface area (Å²) < 4.78 is 17.1. The molecule has 1 amide bonds. The molecular weight excluding hydrogens is 484 g/mol. The number of Topliss-reactive ketones (excluding diaryl/α,β-unsaturated/α-hetero) is 1. The molecule has 0 aliphatic carbocycles. The highest BCUT2D eigenvalue weighted by atomic mass is 16.5. The van der Waals surface area contributed by atoms with E-state index >= 15 is 0 Å². The predicted octanol–water partition coefficient (Wildman–Crippen LogP) is 4.81. The minimum absolute atomic E-state index is 0.0568. The van der Waals surface area contributed by atoms with Crippen LogP contribution in [0.3, 0.4) is 0 Å². The SMILES string of the molecule is CCOc1ccc(C2/C(=C(/O)c3ccc(OCC(C)C)c(C)c3)C(=O)C(=O)N2CCCN(C)C)cc1OC. The van der Waals surface area contributed by atoms with Crippen molar-refractivity contribution in [1.82, 2.24) is 9.80 Å². The molecule has 1 atom stereocenters. The summed E-state index contributed by atoms with van der Waals surface area (Å²) in [5.74, 6) is 0.598. The average Bonchev–Trinajstić information content (AvgIpc) is 3.12. The fourth-order valence-electron chi connectivity index (χ4n) is 4.51. The van der Waals surface area contributed by atoms with E-state index < -0.39 is 17.7 Å². The summed E-state index contributed by atoms with van der Waals surface area (Å²) in [6.07, 6.45) is 0.672. The summed E-state index contributed by atoms with van der Waals surface area (Å²) in [5, 5.41) is 11.4. The molecule has 38 heavy (non-hydrogen) atoms. The first-order valence-corrected chi connectivity index (χ1v) is 13.1. The third kappa shape index (κ3) is 6.48. The Hall–Kier alpha value is -3.52. The zero-order valence-corrected chi connectivity index (χ0v) is 23.5. The van der Waals surface area contributed by atoms with Crippen molar-refractivity contribution in [3.05, 3.63) is 58.7 Å². The molecule has 1 unspecified atom stereocenters. The number of aryl methyl sites for hydroxylation is 1. The first kappa shape index (κ1) is 29.0. The summed E-state index contributed by atoms with van der Waals surface area (Å²) in [7, 11) is 5.46. The van der Waals surface area contributed by atoms with E-state index in [4.69, 9.17) is 14.2 Å². The number of carbonyl (C=O) groups excluding carboxylic acids is 2. The topological polar surface area (TPSA) is 88.5 Å². The molecule has 1 heterocycles. The lowest BCUT2D eigenvalue weighted by Gasteiger charge is -2.26. The average molecular weight is 525 g/mol. The first-order chi connectivity index (χ1) is 18.1. The van der Waals surface area contributed by atoms with Gasteiger partial charge in [0.2, 0.25) is 0 Å². The molecule has 3 rings (SSSR count). The number of ketones is 1. The predicted molar refractivity (Wildman–Crippen MR) is 148 cm³/mol. The Labute approximate surface area is 225 Å². The minimum Gasteiger partial charge on any atom is -0.507 e. The largest absolute Gasteiger partial charge is 0.507 e. The number of rotatable bonds is 12. The van der Waals surface area contributed by atoms with Gasteiger partial charge in [-0.2, -0.15) is 0 Å². The van der Waals surface area contributed by atoms with E-state index in [1.54, 1.807) is 42.3 Å². The highest BCUT2D eigenvalue weighted by Crippen LogP contribution is 2.42. The Morgan fingerprint density at radius 2 is 1.76 bits per heavy atom. The molecule has 1 fully saturated rings. The van der Waals surface area contributed by atoms with E-state index in [1.807, 2.05) is 38.9 Å². The molecule has 0 spiro atoms. The molecule has 0 saturated carbocycles. The number of benzene rings is 2. The minimum atomic E-state index is -0.765. The lowest BCUT2D eigenvalue weighted by molar-refractivity contribution is -0.139. The number of nitrogens with zero attached hydrogens (tertiary/aromatic N) is 2. The van der Waals surface area contributed by atoms with Gasteiger partial charge in [-0.1, -0.05) is 19.9 Å². The van der Waals surface area contributed by atoms with Gasteiger partial charge < -0.3 is 29.1 Å². The Bertz CT molecular complexity index is 1190. The van der Waals surface area contributed by atoms with Crippen molar-refractivity contribution in [1.29, 1.82) is 0 Å². The highest BCUT2D eigenvalue weighted by Gasteiger charge is 2.46. The maximum absolute atomic E-state index is 13.4. The van der Waals surface area contributed by atoms with Crippen LogP contribution in [0.15, 0.2) is 42.0 Å². The van der Waals surface area contributed by atoms with Crippen molar-refractivity contribution < 1.29 is 28.9 Å². The van der Waals surface area contributed by atoms with E-state index in [1.165, 1.54) is 0 Å². The van der Waals surface area contributed by atoms with Gasteiger partial charge in [-0.3, -0.25) is 9.59 Å². The van der Waals surface area contributed by atoms with Crippen LogP contribution in [-0.2, 0) is 9.59 Å². The van der Waals surface area contributed by atoms with Crippen LogP contribution < -0.4 is 14.2 Å². The summed E-state index contributed by atoms with van der Waals surface area (Å²) in [4.78, 5) is 30.2. The molecule has 0 bridgehead atoms. The molecule has 1 saturated heterocycles. The fourth-order valence-corrected chi connectivity index (χ4v) is 4.51. The van der Waals surface area contributed by atoms with E-state index in [-0.39, 0.29) is 11.3 Å². The van der Waals surface area contributed by atoms with Crippen molar-refractivity contribution in [2.75, 3.05) is 47.5 Å². The number of likely N-dealkylation sites (tertiary alicyclic amines) is 1. The molecule has 1 aliphatic heterocycles. The van der Waals surface area contributed by atoms with Crippen LogP contribution in [0.4, 0.5) is 0 Å². The molecule has 2 aromatic carbocycles. The van der Waals surface area contributed by atoms with Gasteiger partial charge in [0.1, 0.15) is 11.5 Å². The van der Waals surface area contributed by atoms with Gasteiger partial charge in [-0.05, 0) is 88.3 Å². The van der Waals surface area contributed by atoms with Crippen molar-refractivity contribution >= 4 is 17.4 Å². The number of hydrogen-bond donors (Lipinski definition) is 1. The number of aliphatic hydroxyl groups excluding tert-OH is 1. The zero-order chi connectivity index (χ0) is 28.0. The number of amides is 1. The Morgan fingerprint density at radius 1 is 1.05 bits per heavy atom. The summed E-state index contributed by atoms with van der Waals surface area (Å²) in [6.45, 7) is 10.1. The van der Waals surface area contributed by atoms with E-state index in [9.17, 15) is 14.7 Å². The highest BCUT2D eigenvalue weighted by molar-refractivity contribution is 6.46. The quantitative estimate of drug-likeness (QED) is 0.242. The van der Waals surface area contributed by atoms with Gasteiger partial charge in [0.25, 0.3) is 11.7 Å². The van der Waals surface area contributed by atoms with E-state index in [0.717, 1.165) is 12.1 Å². The summed E-state index contributed by atoms with van der Waals surface area (Å²) >= 11 is 0. The van der Waals surface area contributed by atoms with Crippen molar-refractivity contribution in [2.24, 2.45) is 5.92 Å². The van der Waals surface area contributed by atoms with Crippen LogP contribution in [0.2, 0.25) is 0 Å². The maximum Gasteiger partial charge on any atom is 0.295 e. The smallest absolute Gasteiger partial charge is 0.295 e. The second-order valence-electron chi connectivity index (χ2n) is 10.2.